The van der Waals surface area contributed by atoms with Crippen molar-refractivity contribution in [3.8, 4) is 33.6 Å². The third-order valence-electron chi connectivity index (χ3n) is 5.90. The normalized spacial score (nSPS) is 11.1. The van der Waals surface area contributed by atoms with Crippen molar-refractivity contribution in [1.29, 1.82) is 0 Å². The van der Waals surface area contributed by atoms with Crippen LogP contribution >= 0.6 is 0 Å². The van der Waals surface area contributed by atoms with Gasteiger partial charge < -0.3 is 0 Å². The van der Waals surface area contributed by atoms with Gasteiger partial charge in [-0.1, -0.05) is 97.1 Å². The Kier molecular flexibility index (Phi) is 4.43. The fourth-order valence-electron chi connectivity index (χ4n) is 4.54. The van der Waals surface area contributed by atoms with Crippen molar-refractivity contribution in [1.82, 2.24) is 15.0 Å². The Labute approximate surface area is 186 Å². The summed E-state index contributed by atoms with van der Waals surface area (Å²) in [4.78, 5) is 12.7. The van der Waals surface area contributed by atoms with Gasteiger partial charge in [0.05, 0.1) is 0 Å². The highest BCUT2D eigenvalue weighted by Crippen LogP contribution is 2.44. The number of nitrogens with zero attached hydrogens (tertiary/aromatic N) is 3. The minimum atomic E-state index is 0.676. The predicted molar refractivity (Wildman–Crippen MR) is 131 cm³/mol. The van der Waals surface area contributed by atoms with E-state index in [1.165, 1.54) is 43.8 Å². The molecule has 3 nitrogen and oxygen atoms in total. The zero-order valence-corrected chi connectivity index (χ0v) is 17.3. The van der Waals surface area contributed by atoms with E-state index in [2.05, 4.69) is 118 Å². The average Bonchev–Trinajstić information content (AvgIpc) is 2.88. The second-order valence-corrected chi connectivity index (χ2v) is 7.75. The van der Waals surface area contributed by atoms with Crippen LogP contribution in [-0.4, -0.2) is 15.0 Å². The average molecular weight is 409 g/mol. The van der Waals surface area contributed by atoms with E-state index in [0.29, 0.717) is 5.82 Å². The molecule has 6 rings (SSSR count). The molecule has 0 amide bonds. The molecule has 0 aliphatic heterocycles. The Balaban J connectivity index is 1.80. The Morgan fingerprint density at radius 2 is 0.906 bits per heavy atom. The quantitative estimate of drug-likeness (QED) is 0.291. The third-order valence-corrected chi connectivity index (χ3v) is 5.90. The van der Waals surface area contributed by atoms with Crippen LogP contribution in [-0.2, 0) is 0 Å². The van der Waals surface area contributed by atoms with Gasteiger partial charge in [0.25, 0.3) is 0 Å². The lowest BCUT2D eigenvalue weighted by atomic mass is 9.85. The van der Waals surface area contributed by atoms with Crippen molar-refractivity contribution in [3.63, 3.8) is 0 Å². The first-order valence-corrected chi connectivity index (χ1v) is 10.6. The van der Waals surface area contributed by atoms with E-state index in [1.807, 2.05) is 0 Å². The molecule has 0 fully saturated rings. The van der Waals surface area contributed by atoms with Crippen LogP contribution in [0.4, 0.5) is 0 Å². The molecule has 1 heterocycles. The highest BCUT2D eigenvalue weighted by Gasteiger charge is 2.17. The smallest absolute Gasteiger partial charge is 0.162 e. The molecule has 0 radical (unpaired) electrons. The fourth-order valence-corrected chi connectivity index (χ4v) is 4.54. The van der Waals surface area contributed by atoms with Crippen LogP contribution in [0.5, 0.6) is 0 Å². The summed E-state index contributed by atoms with van der Waals surface area (Å²) in [6, 6.07) is 36.4. The summed E-state index contributed by atoms with van der Waals surface area (Å²) in [5.74, 6) is 0.676. The molecule has 0 N–H and O–H groups in total. The second-order valence-electron chi connectivity index (χ2n) is 7.75. The molecule has 0 bridgehead atoms. The van der Waals surface area contributed by atoms with E-state index >= 15 is 0 Å². The van der Waals surface area contributed by atoms with Gasteiger partial charge in [0.2, 0.25) is 0 Å². The van der Waals surface area contributed by atoms with E-state index in [4.69, 9.17) is 0 Å². The van der Waals surface area contributed by atoms with Crippen molar-refractivity contribution in [3.05, 3.63) is 116 Å². The lowest BCUT2D eigenvalue weighted by molar-refractivity contribution is 1.06. The highest BCUT2D eigenvalue weighted by molar-refractivity contribution is 6.21. The molecule has 150 valence electrons. The van der Waals surface area contributed by atoms with E-state index in [1.54, 1.807) is 12.7 Å². The van der Waals surface area contributed by atoms with Crippen molar-refractivity contribution in [2.75, 3.05) is 0 Å². The number of hydrogen-bond acceptors (Lipinski definition) is 3. The predicted octanol–water partition coefficient (Wildman–Crippen LogP) is 7.18. The van der Waals surface area contributed by atoms with Gasteiger partial charge in [-0.3, -0.25) is 0 Å². The topological polar surface area (TPSA) is 38.7 Å². The van der Waals surface area contributed by atoms with Crippen LogP contribution in [0, 0.1) is 0 Å². The maximum absolute atomic E-state index is 4.38. The molecule has 0 aliphatic carbocycles. The molecule has 6 aromatic rings. The van der Waals surface area contributed by atoms with Gasteiger partial charge in [0.1, 0.15) is 12.7 Å². The Bertz CT molecular complexity index is 1540. The SMILES string of the molecule is c1ccc(-c2c3ccccc3c(-c3ccccc3)c3cc(-c4ncncn4)ccc23)cc1. The first-order valence-electron chi connectivity index (χ1n) is 10.6. The molecule has 5 aromatic carbocycles. The van der Waals surface area contributed by atoms with Crippen LogP contribution in [0.2, 0.25) is 0 Å². The number of benzene rings is 5. The van der Waals surface area contributed by atoms with E-state index < -0.39 is 0 Å². The summed E-state index contributed by atoms with van der Waals surface area (Å²) >= 11 is 0. The summed E-state index contributed by atoms with van der Waals surface area (Å²) in [5.41, 5.74) is 5.86. The van der Waals surface area contributed by atoms with Crippen LogP contribution in [0.15, 0.2) is 116 Å². The summed E-state index contributed by atoms with van der Waals surface area (Å²) < 4.78 is 0. The molecule has 0 unspecified atom stereocenters. The first kappa shape index (κ1) is 18.4. The minimum absolute atomic E-state index is 0.676. The maximum Gasteiger partial charge on any atom is 0.162 e. The van der Waals surface area contributed by atoms with Crippen LogP contribution in [0.25, 0.3) is 55.2 Å². The van der Waals surface area contributed by atoms with E-state index in [9.17, 15) is 0 Å². The fraction of sp³-hybridized carbons (Fsp3) is 0. The molecule has 0 spiro atoms. The maximum atomic E-state index is 4.38. The van der Waals surface area contributed by atoms with Gasteiger partial charge in [0.15, 0.2) is 5.82 Å². The molecule has 1 aromatic heterocycles. The van der Waals surface area contributed by atoms with Crippen molar-refractivity contribution in [2.45, 2.75) is 0 Å². The minimum Gasteiger partial charge on any atom is -0.225 e. The monoisotopic (exact) mass is 409 g/mol. The molecule has 0 saturated carbocycles. The van der Waals surface area contributed by atoms with Crippen LogP contribution < -0.4 is 0 Å². The van der Waals surface area contributed by atoms with Crippen molar-refractivity contribution in [2.24, 2.45) is 0 Å². The zero-order valence-electron chi connectivity index (χ0n) is 17.3. The largest absolute Gasteiger partial charge is 0.225 e. The van der Waals surface area contributed by atoms with Gasteiger partial charge >= 0.3 is 0 Å². The third kappa shape index (κ3) is 3.03. The Morgan fingerprint density at radius 1 is 0.406 bits per heavy atom. The number of rotatable bonds is 3. The molecule has 0 saturated heterocycles. The van der Waals surface area contributed by atoms with E-state index in [0.717, 1.165) is 5.56 Å². The number of aromatic nitrogens is 3. The van der Waals surface area contributed by atoms with Gasteiger partial charge in [-0.15, -0.1) is 0 Å². The van der Waals surface area contributed by atoms with Crippen molar-refractivity contribution < 1.29 is 0 Å². The van der Waals surface area contributed by atoms with Gasteiger partial charge in [0, 0.05) is 5.56 Å². The van der Waals surface area contributed by atoms with Crippen molar-refractivity contribution >= 4 is 21.5 Å². The summed E-state index contributed by atoms with van der Waals surface area (Å²) in [6.45, 7) is 0. The summed E-state index contributed by atoms with van der Waals surface area (Å²) in [6.07, 6.45) is 3.08. The molecular weight excluding hydrogens is 390 g/mol. The lowest BCUT2D eigenvalue weighted by Crippen LogP contribution is -1.93. The lowest BCUT2D eigenvalue weighted by Gasteiger charge is -2.18. The zero-order chi connectivity index (χ0) is 21.3. The second kappa shape index (κ2) is 7.71. The standard InChI is InChI=1S/C29H19N3/c1-3-9-20(10-4-1)27-23-13-7-8-14-24(23)28(21-11-5-2-6-12-21)26-17-22(15-16-25(26)27)29-31-18-30-19-32-29/h1-19H. The Morgan fingerprint density at radius 3 is 1.50 bits per heavy atom. The molecular formula is C29H19N3. The first-order chi connectivity index (χ1) is 15.9. The van der Waals surface area contributed by atoms with Gasteiger partial charge in [-0.2, -0.15) is 0 Å². The molecule has 3 heteroatoms. The molecule has 32 heavy (non-hydrogen) atoms. The van der Waals surface area contributed by atoms with E-state index in [-0.39, 0.29) is 0 Å². The number of fused-ring (bicyclic) bond motifs is 2. The van der Waals surface area contributed by atoms with Crippen LogP contribution in [0.1, 0.15) is 0 Å². The summed E-state index contributed by atoms with van der Waals surface area (Å²) in [5, 5.41) is 4.88. The van der Waals surface area contributed by atoms with Gasteiger partial charge in [-0.05, 0) is 49.9 Å². The van der Waals surface area contributed by atoms with Gasteiger partial charge in [-0.25, -0.2) is 15.0 Å². The van der Waals surface area contributed by atoms with Crippen LogP contribution in [0.3, 0.4) is 0 Å². The number of hydrogen-bond donors (Lipinski definition) is 0. The summed E-state index contributed by atoms with van der Waals surface area (Å²) in [7, 11) is 0. The molecule has 0 aliphatic rings. The molecule has 0 atom stereocenters. The Hall–Kier alpha value is -4.37. The highest BCUT2D eigenvalue weighted by atomic mass is 15.0.